The van der Waals surface area contributed by atoms with E-state index in [2.05, 4.69) is 10.6 Å². The van der Waals surface area contributed by atoms with Gasteiger partial charge in [0.25, 0.3) is 0 Å². The van der Waals surface area contributed by atoms with Crippen molar-refractivity contribution < 1.29 is 23.9 Å². The summed E-state index contributed by atoms with van der Waals surface area (Å²) in [4.78, 5) is 35.6. The quantitative estimate of drug-likeness (QED) is 0.547. The number of piperazine rings is 1. The van der Waals surface area contributed by atoms with Crippen molar-refractivity contribution in [2.75, 3.05) is 33.2 Å². The van der Waals surface area contributed by atoms with E-state index in [1.807, 2.05) is 30.3 Å². The molecule has 1 aliphatic heterocycles. The molecular formula is C21H31N3O5. The summed E-state index contributed by atoms with van der Waals surface area (Å²) in [5.41, 5.74) is 0.922. The minimum Gasteiger partial charge on any atom is -0.461 e. The molecule has 1 unspecified atom stereocenters. The van der Waals surface area contributed by atoms with Crippen LogP contribution in [0.5, 0.6) is 0 Å². The van der Waals surface area contributed by atoms with Crippen molar-refractivity contribution in [3.05, 3.63) is 35.9 Å². The van der Waals surface area contributed by atoms with E-state index in [-0.39, 0.29) is 18.7 Å². The molecule has 1 aromatic carbocycles. The second-order valence-electron chi connectivity index (χ2n) is 7.02. The van der Waals surface area contributed by atoms with Gasteiger partial charge >= 0.3 is 12.1 Å². The number of aldehydes is 1. The molecule has 1 atom stereocenters. The summed E-state index contributed by atoms with van der Waals surface area (Å²) in [6.07, 6.45) is 4.40. The number of hydrogen-bond acceptors (Lipinski definition) is 7. The number of rotatable bonds is 6. The van der Waals surface area contributed by atoms with Gasteiger partial charge in [0.1, 0.15) is 25.0 Å². The average Bonchev–Trinajstić information content (AvgIpc) is 3.27. The molecule has 160 valence electrons. The molecule has 0 radical (unpaired) electrons. The normalized spacial score (nSPS) is 19.1. The second kappa shape index (κ2) is 12.9. The number of ether oxygens (including phenoxy) is 2. The highest BCUT2D eigenvalue weighted by atomic mass is 16.6. The molecule has 8 nitrogen and oxygen atoms in total. The number of esters is 1. The Balaban J connectivity index is 0.000000537. The van der Waals surface area contributed by atoms with Crippen LogP contribution in [0.15, 0.2) is 30.3 Å². The lowest BCUT2D eigenvalue weighted by Gasteiger charge is -2.34. The van der Waals surface area contributed by atoms with Gasteiger partial charge in [-0.05, 0) is 38.3 Å². The lowest BCUT2D eigenvalue weighted by atomic mass is 10.2. The van der Waals surface area contributed by atoms with E-state index in [1.165, 1.54) is 4.90 Å². The second-order valence-corrected chi connectivity index (χ2v) is 7.02. The maximum absolute atomic E-state index is 12.4. The molecule has 1 amide bonds. The minimum absolute atomic E-state index is 0.00150. The molecule has 1 saturated heterocycles. The number of amides is 1. The molecule has 1 aromatic rings. The van der Waals surface area contributed by atoms with Gasteiger partial charge in [-0.3, -0.25) is 4.90 Å². The first kappa shape index (κ1) is 22.8. The van der Waals surface area contributed by atoms with E-state index in [1.54, 1.807) is 7.05 Å². The van der Waals surface area contributed by atoms with Crippen molar-refractivity contribution in [2.45, 2.75) is 44.4 Å². The van der Waals surface area contributed by atoms with Gasteiger partial charge in [-0.1, -0.05) is 30.3 Å². The molecule has 2 aliphatic rings. The monoisotopic (exact) mass is 405 g/mol. The van der Waals surface area contributed by atoms with Gasteiger partial charge in [-0.15, -0.1) is 0 Å². The SMILES string of the molecule is CNCC=O.O=C(OC1CCCC1)C1CNCCN1C(=O)OCc1ccccc1. The minimum atomic E-state index is -0.609. The number of benzene rings is 1. The lowest BCUT2D eigenvalue weighted by molar-refractivity contribution is -0.155. The van der Waals surface area contributed by atoms with E-state index in [0.717, 1.165) is 37.5 Å². The van der Waals surface area contributed by atoms with Gasteiger partial charge in [-0.25, -0.2) is 9.59 Å². The van der Waals surface area contributed by atoms with Crippen LogP contribution in [0, 0.1) is 0 Å². The molecule has 29 heavy (non-hydrogen) atoms. The van der Waals surface area contributed by atoms with Crippen LogP contribution in [0.25, 0.3) is 0 Å². The zero-order valence-corrected chi connectivity index (χ0v) is 17.0. The molecule has 0 spiro atoms. The first-order valence-electron chi connectivity index (χ1n) is 10.1. The topological polar surface area (TPSA) is 97.0 Å². The molecule has 3 rings (SSSR count). The van der Waals surface area contributed by atoms with Crippen molar-refractivity contribution in [1.82, 2.24) is 15.5 Å². The Bertz CT molecular complexity index is 634. The first-order valence-corrected chi connectivity index (χ1v) is 10.1. The molecule has 2 N–H and O–H groups in total. The summed E-state index contributed by atoms with van der Waals surface area (Å²) >= 11 is 0. The van der Waals surface area contributed by atoms with Gasteiger partial charge in [0.2, 0.25) is 0 Å². The van der Waals surface area contributed by atoms with Crippen LogP contribution in [0.4, 0.5) is 4.79 Å². The summed E-state index contributed by atoms with van der Waals surface area (Å²) in [7, 11) is 1.73. The smallest absolute Gasteiger partial charge is 0.410 e. The molecule has 1 saturated carbocycles. The predicted octanol–water partition coefficient (Wildman–Crippen LogP) is 1.49. The van der Waals surface area contributed by atoms with Crippen molar-refractivity contribution >= 4 is 18.3 Å². The van der Waals surface area contributed by atoms with Crippen LogP contribution in [0.2, 0.25) is 0 Å². The van der Waals surface area contributed by atoms with E-state index in [4.69, 9.17) is 9.47 Å². The summed E-state index contributed by atoms with van der Waals surface area (Å²) in [6.45, 7) is 2.16. The fraction of sp³-hybridized carbons (Fsp3) is 0.571. The lowest BCUT2D eigenvalue weighted by Crippen LogP contribution is -2.57. The number of likely N-dealkylation sites (N-methyl/N-ethyl adjacent to an activating group) is 1. The van der Waals surface area contributed by atoms with E-state index < -0.39 is 12.1 Å². The Morgan fingerprint density at radius 1 is 1.24 bits per heavy atom. The maximum atomic E-state index is 12.4. The zero-order valence-electron chi connectivity index (χ0n) is 17.0. The largest absolute Gasteiger partial charge is 0.461 e. The van der Waals surface area contributed by atoms with Crippen LogP contribution in [-0.2, 0) is 25.7 Å². The number of nitrogens with one attached hydrogen (secondary N) is 2. The molecule has 1 heterocycles. The van der Waals surface area contributed by atoms with Crippen molar-refractivity contribution in [2.24, 2.45) is 0 Å². The summed E-state index contributed by atoms with van der Waals surface area (Å²) in [5.74, 6) is -0.328. The van der Waals surface area contributed by atoms with Gasteiger partial charge in [0.05, 0.1) is 6.54 Å². The Labute approximate surface area is 171 Å². The predicted molar refractivity (Wildman–Crippen MR) is 108 cm³/mol. The summed E-state index contributed by atoms with van der Waals surface area (Å²) in [6, 6.07) is 8.90. The summed E-state index contributed by atoms with van der Waals surface area (Å²) in [5, 5.41) is 5.80. The van der Waals surface area contributed by atoms with Crippen LogP contribution >= 0.6 is 0 Å². The van der Waals surface area contributed by atoms with Gasteiger partial charge in [0.15, 0.2) is 0 Å². The van der Waals surface area contributed by atoms with Crippen LogP contribution < -0.4 is 10.6 Å². The third-order valence-electron chi connectivity index (χ3n) is 4.83. The van der Waals surface area contributed by atoms with Crippen molar-refractivity contribution in [3.8, 4) is 0 Å². The zero-order chi connectivity index (χ0) is 20.9. The fourth-order valence-corrected chi connectivity index (χ4v) is 3.27. The Morgan fingerprint density at radius 3 is 2.59 bits per heavy atom. The molecule has 2 fully saturated rings. The highest BCUT2D eigenvalue weighted by Crippen LogP contribution is 2.22. The molecular weight excluding hydrogens is 374 g/mol. The Hall–Kier alpha value is -2.45. The average molecular weight is 405 g/mol. The summed E-state index contributed by atoms with van der Waals surface area (Å²) < 4.78 is 10.9. The maximum Gasteiger partial charge on any atom is 0.410 e. The first-order chi connectivity index (χ1) is 14.2. The van der Waals surface area contributed by atoms with Gasteiger partial charge < -0.3 is 24.9 Å². The standard InChI is InChI=1S/C18H24N2O4.C3H7NO/c21-17(24-15-8-4-5-9-15)16-12-19-10-11-20(16)18(22)23-13-14-6-2-1-3-7-14;1-4-2-3-5/h1-3,6-7,15-16,19H,4-5,8-13H2;3-4H,2H2,1H3. The van der Waals surface area contributed by atoms with Crippen LogP contribution in [0.3, 0.4) is 0 Å². The highest BCUT2D eigenvalue weighted by Gasteiger charge is 2.35. The third-order valence-corrected chi connectivity index (χ3v) is 4.83. The molecule has 0 bridgehead atoms. The molecule has 0 aromatic heterocycles. The number of carbonyl (C=O) groups excluding carboxylic acids is 3. The van der Waals surface area contributed by atoms with E-state index in [0.29, 0.717) is 26.2 Å². The Morgan fingerprint density at radius 2 is 1.97 bits per heavy atom. The molecule has 1 aliphatic carbocycles. The van der Waals surface area contributed by atoms with Gasteiger partial charge in [-0.2, -0.15) is 0 Å². The van der Waals surface area contributed by atoms with E-state index >= 15 is 0 Å². The van der Waals surface area contributed by atoms with Crippen molar-refractivity contribution in [3.63, 3.8) is 0 Å². The van der Waals surface area contributed by atoms with Crippen LogP contribution in [-0.4, -0.2) is 68.6 Å². The van der Waals surface area contributed by atoms with E-state index in [9.17, 15) is 14.4 Å². The molecule has 8 heteroatoms. The number of hydrogen-bond donors (Lipinski definition) is 2. The highest BCUT2D eigenvalue weighted by molar-refractivity contribution is 5.82. The fourth-order valence-electron chi connectivity index (χ4n) is 3.27. The van der Waals surface area contributed by atoms with Crippen LogP contribution in [0.1, 0.15) is 31.2 Å². The third kappa shape index (κ3) is 7.83. The van der Waals surface area contributed by atoms with Crippen molar-refractivity contribution in [1.29, 1.82) is 0 Å². The number of carbonyl (C=O) groups is 3. The Kier molecular flexibility index (Phi) is 10.2. The number of nitrogens with zero attached hydrogens (tertiary/aromatic N) is 1. The van der Waals surface area contributed by atoms with Gasteiger partial charge in [0, 0.05) is 19.6 Å².